The van der Waals surface area contributed by atoms with Crippen molar-refractivity contribution in [1.82, 2.24) is 19.4 Å². The van der Waals surface area contributed by atoms with Crippen LogP contribution in [0.5, 0.6) is 0 Å². The molecule has 0 spiro atoms. The van der Waals surface area contributed by atoms with E-state index in [1.165, 1.54) is 45.8 Å². The first kappa shape index (κ1) is 27.2. The maximum Gasteiger partial charge on any atom is 0.266 e. The smallest absolute Gasteiger partial charge is 0.266 e. The highest BCUT2D eigenvalue weighted by atomic mass is 32.2. The molecule has 1 aliphatic rings. The fraction of sp³-hybridized carbons (Fsp3) is 0.233. The Kier molecular flexibility index (Phi) is 9.13. The van der Waals surface area contributed by atoms with Crippen molar-refractivity contribution in [2.45, 2.75) is 5.16 Å². The molecular formula is C30H29FN4O2S2. The molecule has 1 amide bonds. The van der Waals surface area contributed by atoms with Crippen LogP contribution in [0.4, 0.5) is 4.39 Å². The number of halogens is 1. The summed E-state index contributed by atoms with van der Waals surface area (Å²) >= 11 is 2.92. The lowest BCUT2D eigenvalue weighted by Gasteiger charge is -2.34. The minimum atomic E-state index is -0.367. The van der Waals surface area contributed by atoms with Gasteiger partial charge in [-0.05, 0) is 42.0 Å². The number of carbonyl (C=O) groups excluding carboxylic acids is 1. The van der Waals surface area contributed by atoms with E-state index in [-0.39, 0.29) is 17.3 Å². The predicted octanol–water partition coefficient (Wildman–Crippen LogP) is 5.17. The van der Waals surface area contributed by atoms with E-state index in [9.17, 15) is 14.0 Å². The number of para-hydroxylation sites is 1. The molecule has 1 saturated heterocycles. The number of amides is 1. The lowest BCUT2D eigenvalue weighted by molar-refractivity contribution is -0.129. The second kappa shape index (κ2) is 13.1. The van der Waals surface area contributed by atoms with E-state index in [0.29, 0.717) is 32.6 Å². The molecule has 1 aromatic heterocycles. The van der Waals surface area contributed by atoms with Gasteiger partial charge in [-0.15, -0.1) is 11.8 Å². The molecule has 2 heterocycles. The third kappa shape index (κ3) is 6.98. The highest BCUT2D eigenvalue weighted by Crippen LogP contribution is 2.25. The summed E-state index contributed by atoms with van der Waals surface area (Å²) in [6.07, 6.45) is 4.30. The first-order valence-electron chi connectivity index (χ1n) is 12.8. The summed E-state index contributed by atoms with van der Waals surface area (Å²) in [7, 11) is 0. The van der Waals surface area contributed by atoms with Gasteiger partial charge < -0.3 is 4.90 Å². The molecule has 0 bridgehead atoms. The van der Waals surface area contributed by atoms with Crippen molar-refractivity contribution < 1.29 is 9.18 Å². The van der Waals surface area contributed by atoms with Crippen LogP contribution >= 0.6 is 23.5 Å². The number of hydrogen-bond donors (Lipinski definition) is 0. The van der Waals surface area contributed by atoms with E-state index >= 15 is 0 Å². The molecule has 0 aliphatic carbocycles. The molecule has 3 aromatic carbocycles. The summed E-state index contributed by atoms with van der Waals surface area (Å²) < 4.78 is 15.0. The molecule has 4 aromatic rings. The highest BCUT2D eigenvalue weighted by Gasteiger charge is 2.20. The van der Waals surface area contributed by atoms with Crippen LogP contribution in [-0.4, -0.2) is 68.8 Å². The van der Waals surface area contributed by atoms with Crippen molar-refractivity contribution in [2.75, 3.05) is 43.6 Å². The van der Waals surface area contributed by atoms with Gasteiger partial charge in [-0.1, -0.05) is 66.4 Å². The Labute approximate surface area is 235 Å². The number of piperazine rings is 1. The summed E-state index contributed by atoms with van der Waals surface area (Å²) in [6, 6.07) is 23.3. The number of thioether (sulfide) groups is 2. The number of benzene rings is 3. The van der Waals surface area contributed by atoms with Gasteiger partial charge in [0.25, 0.3) is 5.56 Å². The Morgan fingerprint density at radius 3 is 2.41 bits per heavy atom. The van der Waals surface area contributed by atoms with Crippen LogP contribution in [0.2, 0.25) is 0 Å². The molecule has 0 unspecified atom stereocenters. The Balaban J connectivity index is 1.14. The summed E-state index contributed by atoms with van der Waals surface area (Å²) in [5.74, 6) is 0.130. The average molecular weight is 561 g/mol. The van der Waals surface area contributed by atoms with Gasteiger partial charge in [0, 0.05) is 37.8 Å². The molecule has 0 N–H and O–H groups in total. The van der Waals surface area contributed by atoms with Crippen molar-refractivity contribution in [3.8, 4) is 5.69 Å². The Hall–Kier alpha value is -3.40. The second-order valence-corrected chi connectivity index (χ2v) is 11.4. The number of fused-ring (bicyclic) bond motifs is 1. The molecule has 6 nitrogen and oxygen atoms in total. The summed E-state index contributed by atoms with van der Waals surface area (Å²) in [4.78, 5) is 35.1. The van der Waals surface area contributed by atoms with Crippen molar-refractivity contribution >= 4 is 46.4 Å². The highest BCUT2D eigenvalue weighted by molar-refractivity contribution is 8.16. The SMILES string of the molecule is O=C(CSCSc1nc2ccccc2c(=O)n1-c1ccc(F)cc1)N1CCN(C/C=C/c2ccccc2)CC1. The van der Waals surface area contributed by atoms with E-state index in [2.05, 4.69) is 29.2 Å². The quantitative estimate of drug-likeness (QED) is 0.122. The van der Waals surface area contributed by atoms with Gasteiger partial charge in [0.1, 0.15) is 5.82 Å². The van der Waals surface area contributed by atoms with Gasteiger partial charge >= 0.3 is 0 Å². The van der Waals surface area contributed by atoms with Crippen molar-refractivity contribution in [1.29, 1.82) is 0 Å². The van der Waals surface area contributed by atoms with E-state index in [4.69, 9.17) is 4.98 Å². The average Bonchev–Trinajstić information content (AvgIpc) is 2.97. The standard InChI is InChI=1S/C30H29FN4O2S2/c31-24-12-14-25(15-13-24)35-29(37)26-10-4-5-11-27(26)32-30(35)39-22-38-21-28(36)34-19-17-33(18-20-34)16-6-9-23-7-2-1-3-8-23/h1-15H,16-22H2/b9-6+. The topological polar surface area (TPSA) is 58.4 Å². The number of nitrogens with zero attached hydrogens (tertiary/aromatic N) is 4. The third-order valence-corrected chi connectivity index (χ3v) is 8.65. The van der Waals surface area contributed by atoms with Crippen molar-refractivity contribution in [3.05, 3.63) is 107 Å². The molecule has 0 radical (unpaired) electrons. The Bertz CT molecular complexity index is 1500. The fourth-order valence-corrected chi connectivity index (χ4v) is 6.35. The predicted molar refractivity (Wildman–Crippen MR) is 159 cm³/mol. The van der Waals surface area contributed by atoms with E-state index in [1.54, 1.807) is 24.3 Å². The van der Waals surface area contributed by atoms with Crippen LogP contribution < -0.4 is 5.56 Å². The summed E-state index contributed by atoms with van der Waals surface area (Å²) in [6.45, 7) is 4.03. The monoisotopic (exact) mass is 560 g/mol. The Morgan fingerprint density at radius 1 is 0.923 bits per heavy atom. The van der Waals surface area contributed by atoms with Gasteiger partial charge in [0.2, 0.25) is 5.91 Å². The van der Waals surface area contributed by atoms with Crippen LogP contribution in [0, 0.1) is 5.82 Å². The zero-order valence-corrected chi connectivity index (χ0v) is 23.0. The minimum Gasteiger partial charge on any atom is -0.339 e. The normalized spacial score (nSPS) is 14.3. The Morgan fingerprint density at radius 2 is 1.64 bits per heavy atom. The molecule has 9 heteroatoms. The van der Waals surface area contributed by atoms with Gasteiger partial charge in [0.05, 0.1) is 22.3 Å². The van der Waals surface area contributed by atoms with E-state index < -0.39 is 0 Å². The molecular weight excluding hydrogens is 531 g/mol. The van der Waals surface area contributed by atoms with Gasteiger partial charge in [-0.3, -0.25) is 19.1 Å². The van der Waals surface area contributed by atoms with Crippen LogP contribution in [0.1, 0.15) is 5.56 Å². The number of carbonyl (C=O) groups is 1. The van der Waals surface area contributed by atoms with Gasteiger partial charge in [0.15, 0.2) is 5.16 Å². The molecule has 5 rings (SSSR count). The van der Waals surface area contributed by atoms with Crippen LogP contribution in [-0.2, 0) is 4.79 Å². The largest absolute Gasteiger partial charge is 0.339 e. The lowest BCUT2D eigenvalue weighted by atomic mass is 10.2. The minimum absolute atomic E-state index is 0.127. The van der Waals surface area contributed by atoms with Gasteiger partial charge in [-0.25, -0.2) is 9.37 Å². The molecule has 0 saturated carbocycles. The third-order valence-electron chi connectivity index (χ3n) is 6.53. The zero-order chi connectivity index (χ0) is 27.0. The maximum absolute atomic E-state index is 13.5. The van der Waals surface area contributed by atoms with Crippen LogP contribution in [0.3, 0.4) is 0 Å². The van der Waals surface area contributed by atoms with Crippen LogP contribution in [0.25, 0.3) is 22.7 Å². The first-order valence-corrected chi connectivity index (χ1v) is 14.9. The number of rotatable bonds is 9. The summed E-state index contributed by atoms with van der Waals surface area (Å²) in [5.41, 5.74) is 2.16. The molecule has 1 fully saturated rings. The first-order chi connectivity index (χ1) is 19.1. The number of aromatic nitrogens is 2. The molecule has 0 atom stereocenters. The fourth-order valence-electron chi connectivity index (χ4n) is 4.42. The number of hydrogen-bond acceptors (Lipinski definition) is 6. The lowest BCUT2D eigenvalue weighted by Crippen LogP contribution is -2.49. The van der Waals surface area contributed by atoms with Crippen molar-refractivity contribution in [2.24, 2.45) is 0 Å². The second-order valence-electron chi connectivity index (χ2n) is 9.13. The maximum atomic E-state index is 13.5. The van der Waals surface area contributed by atoms with Crippen molar-refractivity contribution in [3.63, 3.8) is 0 Å². The van der Waals surface area contributed by atoms with Crippen LogP contribution in [0.15, 0.2) is 94.9 Å². The zero-order valence-electron chi connectivity index (χ0n) is 21.4. The van der Waals surface area contributed by atoms with E-state index in [1.807, 2.05) is 35.2 Å². The molecule has 200 valence electrons. The van der Waals surface area contributed by atoms with E-state index in [0.717, 1.165) is 32.7 Å². The molecule has 39 heavy (non-hydrogen) atoms. The summed E-state index contributed by atoms with van der Waals surface area (Å²) in [5, 5.41) is 1.58. The molecule has 1 aliphatic heterocycles. The van der Waals surface area contributed by atoms with Gasteiger partial charge in [-0.2, -0.15) is 0 Å².